The van der Waals surface area contributed by atoms with Crippen LogP contribution in [0.25, 0.3) is 10.8 Å². The number of aromatic nitrogens is 3. The van der Waals surface area contributed by atoms with Crippen molar-refractivity contribution in [3.63, 3.8) is 0 Å². The number of carbonyl (C=O) groups excluding carboxylic acids is 2. The molecule has 38 heavy (non-hydrogen) atoms. The van der Waals surface area contributed by atoms with E-state index in [1.807, 2.05) is 42.5 Å². The van der Waals surface area contributed by atoms with Crippen LogP contribution in [-0.4, -0.2) is 56.7 Å². The van der Waals surface area contributed by atoms with E-state index in [9.17, 15) is 18.4 Å². The van der Waals surface area contributed by atoms with E-state index in [1.54, 1.807) is 11.7 Å². The molecule has 0 bridgehead atoms. The summed E-state index contributed by atoms with van der Waals surface area (Å²) in [7, 11) is 0. The van der Waals surface area contributed by atoms with Crippen LogP contribution >= 0.6 is 0 Å². The zero-order valence-corrected chi connectivity index (χ0v) is 20.3. The molecule has 9 nitrogen and oxygen atoms in total. The molecule has 1 aliphatic rings. The second kappa shape index (κ2) is 11.0. The van der Waals surface area contributed by atoms with Crippen molar-refractivity contribution >= 4 is 22.6 Å². The number of rotatable bonds is 7. The van der Waals surface area contributed by atoms with Crippen LogP contribution in [0.3, 0.4) is 0 Å². The maximum Gasteiger partial charge on any atom is 0.254 e. The zero-order valence-electron chi connectivity index (χ0n) is 20.3. The third-order valence-electron chi connectivity index (χ3n) is 6.63. The van der Waals surface area contributed by atoms with E-state index in [2.05, 4.69) is 10.3 Å². The Morgan fingerprint density at radius 3 is 2.68 bits per heavy atom. The van der Waals surface area contributed by atoms with E-state index in [4.69, 9.17) is 9.94 Å². The third kappa shape index (κ3) is 5.38. The van der Waals surface area contributed by atoms with Gasteiger partial charge in [0.25, 0.3) is 5.91 Å². The number of amides is 2. The van der Waals surface area contributed by atoms with Crippen LogP contribution in [0.5, 0.6) is 0 Å². The van der Waals surface area contributed by atoms with Gasteiger partial charge in [-0.3, -0.25) is 14.8 Å². The summed E-state index contributed by atoms with van der Waals surface area (Å²) in [5.74, 6) is -3.21. The van der Waals surface area contributed by atoms with Gasteiger partial charge in [0.2, 0.25) is 5.91 Å². The fourth-order valence-electron chi connectivity index (χ4n) is 4.67. The highest BCUT2D eigenvalue weighted by Crippen LogP contribution is 2.27. The van der Waals surface area contributed by atoms with Gasteiger partial charge >= 0.3 is 0 Å². The first-order valence-corrected chi connectivity index (χ1v) is 12.1. The number of fused-ring (bicyclic) bond motifs is 1. The van der Waals surface area contributed by atoms with Crippen molar-refractivity contribution in [2.24, 2.45) is 0 Å². The van der Waals surface area contributed by atoms with Gasteiger partial charge in [0.15, 0.2) is 11.6 Å². The molecule has 1 aromatic heterocycles. The molecule has 11 heteroatoms. The predicted octanol–water partition coefficient (Wildman–Crippen LogP) is 3.60. The standard InChI is InChI=1S/C27H25F2N5O4/c28-22-8-7-20(13-23(22)29)27(36)33-9-10-38-16-25(33)24-15-34(32-30-24)21(14-26(35)31-37)12-17-5-6-18-3-1-2-4-19(18)11-17/h1-8,11,13,15,21,25,37H,9-10,12,14,16H2,(H,31,35)/t21-,25?/m1/s1. The number of halogens is 2. The first-order valence-electron chi connectivity index (χ1n) is 12.1. The number of hydrogen-bond acceptors (Lipinski definition) is 6. The average Bonchev–Trinajstić information content (AvgIpc) is 3.44. The lowest BCUT2D eigenvalue weighted by Gasteiger charge is -2.34. The molecule has 196 valence electrons. The van der Waals surface area contributed by atoms with Crippen LogP contribution in [0.4, 0.5) is 8.78 Å². The molecule has 1 aliphatic heterocycles. The van der Waals surface area contributed by atoms with Gasteiger partial charge in [-0.05, 0) is 41.0 Å². The minimum atomic E-state index is -1.11. The van der Waals surface area contributed by atoms with Crippen molar-refractivity contribution < 1.29 is 28.3 Å². The van der Waals surface area contributed by atoms with E-state index < -0.39 is 35.5 Å². The van der Waals surface area contributed by atoms with Gasteiger partial charge in [0.1, 0.15) is 11.7 Å². The molecule has 4 aromatic rings. The molecule has 1 fully saturated rings. The summed E-state index contributed by atoms with van der Waals surface area (Å²) in [6.07, 6.45) is 2.01. The summed E-state index contributed by atoms with van der Waals surface area (Å²) in [6, 6.07) is 15.9. The largest absolute Gasteiger partial charge is 0.377 e. The Balaban J connectivity index is 1.41. The molecule has 2 atom stereocenters. The van der Waals surface area contributed by atoms with E-state index in [0.29, 0.717) is 12.1 Å². The zero-order chi connectivity index (χ0) is 26.6. The highest BCUT2D eigenvalue weighted by atomic mass is 19.2. The van der Waals surface area contributed by atoms with Gasteiger partial charge in [0, 0.05) is 12.1 Å². The number of benzene rings is 3. The molecule has 2 amide bonds. The average molecular weight is 522 g/mol. The maximum absolute atomic E-state index is 13.8. The van der Waals surface area contributed by atoms with Crippen molar-refractivity contribution in [3.8, 4) is 0 Å². The van der Waals surface area contributed by atoms with Crippen molar-refractivity contribution in [2.45, 2.75) is 24.9 Å². The minimum Gasteiger partial charge on any atom is -0.377 e. The molecule has 0 radical (unpaired) electrons. The van der Waals surface area contributed by atoms with E-state index in [0.717, 1.165) is 28.5 Å². The van der Waals surface area contributed by atoms with E-state index in [-0.39, 0.29) is 31.7 Å². The van der Waals surface area contributed by atoms with Gasteiger partial charge in [-0.25, -0.2) is 18.9 Å². The Morgan fingerprint density at radius 1 is 1.08 bits per heavy atom. The number of morpholine rings is 1. The monoisotopic (exact) mass is 521 g/mol. The molecule has 0 aliphatic carbocycles. The third-order valence-corrected chi connectivity index (χ3v) is 6.63. The Bertz CT molecular complexity index is 1480. The molecule has 3 aromatic carbocycles. The van der Waals surface area contributed by atoms with Gasteiger partial charge in [-0.15, -0.1) is 5.10 Å². The maximum atomic E-state index is 13.8. The highest BCUT2D eigenvalue weighted by Gasteiger charge is 2.32. The van der Waals surface area contributed by atoms with Crippen LogP contribution in [0, 0.1) is 11.6 Å². The van der Waals surface area contributed by atoms with Crippen LogP contribution < -0.4 is 5.48 Å². The number of nitrogens with zero attached hydrogens (tertiary/aromatic N) is 4. The Morgan fingerprint density at radius 2 is 1.89 bits per heavy atom. The number of carbonyl (C=O) groups is 2. The summed E-state index contributed by atoms with van der Waals surface area (Å²) in [6.45, 7) is 0.644. The summed E-state index contributed by atoms with van der Waals surface area (Å²) < 4.78 is 34.3. The van der Waals surface area contributed by atoms with Crippen LogP contribution in [-0.2, 0) is 16.0 Å². The van der Waals surface area contributed by atoms with Crippen molar-refractivity contribution in [2.75, 3.05) is 19.8 Å². The van der Waals surface area contributed by atoms with Crippen LogP contribution in [0.2, 0.25) is 0 Å². The first-order chi connectivity index (χ1) is 18.4. The fraction of sp³-hybridized carbons (Fsp3) is 0.259. The van der Waals surface area contributed by atoms with Crippen molar-refractivity contribution in [1.29, 1.82) is 0 Å². The highest BCUT2D eigenvalue weighted by molar-refractivity contribution is 5.94. The molecule has 2 N–H and O–H groups in total. The minimum absolute atomic E-state index is 0.0111. The van der Waals surface area contributed by atoms with Crippen molar-refractivity contribution in [1.82, 2.24) is 25.4 Å². The molecule has 2 heterocycles. The second-order valence-corrected chi connectivity index (χ2v) is 9.12. The van der Waals surface area contributed by atoms with Gasteiger partial charge in [-0.1, -0.05) is 47.7 Å². The lowest BCUT2D eigenvalue weighted by Crippen LogP contribution is -2.43. The predicted molar refractivity (Wildman–Crippen MR) is 132 cm³/mol. The molecular weight excluding hydrogens is 496 g/mol. The summed E-state index contributed by atoms with van der Waals surface area (Å²) in [5, 5.41) is 19.8. The molecule has 0 saturated carbocycles. The number of hydrogen-bond donors (Lipinski definition) is 2. The molecule has 5 rings (SSSR count). The second-order valence-electron chi connectivity index (χ2n) is 9.12. The van der Waals surface area contributed by atoms with E-state index >= 15 is 0 Å². The van der Waals surface area contributed by atoms with Gasteiger partial charge in [-0.2, -0.15) is 0 Å². The number of nitrogens with one attached hydrogen (secondary N) is 1. The fourth-order valence-corrected chi connectivity index (χ4v) is 4.67. The smallest absolute Gasteiger partial charge is 0.254 e. The number of ether oxygens (including phenoxy) is 1. The lowest BCUT2D eigenvalue weighted by atomic mass is 10.00. The molecule has 0 spiro atoms. The number of hydroxylamine groups is 1. The Hall–Kier alpha value is -4.22. The molecular formula is C27H25F2N5O4. The topological polar surface area (TPSA) is 110 Å². The Labute approximate surface area is 216 Å². The van der Waals surface area contributed by atoms with Crippen LogP contribution in [0.15, 0.2) is 66.9 Å². The summed E-state index contributed by atoms with van der Waals surface area (Å²) >= 11 is 0. The van der Waals surface area contributed by atoms with Crippen LogP contribution in [0.1, 0.15) is 40.1 Å². The normalized spacial score (nSPS) is 16.4. The lowest BCUT2D eigenvalue weighted by molar-refractivity contribution is -0.130. The molecule has 1 unspecified atom stereocenters. The first kappa shape index (κ1) is 25.4. The summed E-state index contributed by atoms with van der Waals surface area (Å²) in [4.78, 5) is 26.8. The van der Waals surface area contributed by atoms with Crippen molar-refractivity contribution in [3.05, 3.63) is 95.3 Å². The quantitative estimate of drug-likeness (QED) is 0.284. The SMILES string of the molecule is O=C(C[C@@H](Cc1ccc2ccccc2c1)n1cc(C2COCCN2C(=O)c2ccc(F)c(F)c2)nn1)NO. The summed E-state index contributed by atoms with van der Waals surface area (Å²) in [5.41, 5.74) is 3.07. The van der Waals surface area contributed by atoms with Gasteiger partial charge < -0.3 is 9.64 Å². The van der Waals surface area contributed by atoms with E-state index in [1.165, 1.54) is 15.6 Å². The van der Waals surface area contributed by atoms with Gasteiger partial charge in [0.05, 0.1) is 31.9 Å². The Kier molecular flexibility index (Phi) is 7.38. The molecule has 1 saturated heterocycles.